The van der Waals surface area contributed by atoms with Crippen LogP contribution < -0.4 is 5.32 Å². The van der Waals surface area contributed by atoms with Crippen molar-refractivity contribution in [3.63, 3.8) is 0 Å². The zero-order valence-corrected chi connectivity index (χ0v) is 26.5. The van der Waals surface area contributed by atoms with Crippen LogP contribution in [0.25, 0.3) is 11.1 Å². The quantitative estimate of drug-likeness (QED) is 0.168. The van der Waals surface area contributed by atoms with Crippen LogP contribution in [0.5, 0.6) is 0 Å². The zero-order valence-electron chi connectivity index (χ0n) is 26.5. The number of carbonyl (C=O) groups is 1. The van der Waals surface area contributed by atoms with Crippen molar-refractivity contribution in [1.29, 1.82) is 0 Å². The molecule has 3 atom stereocenters. The summed E-state index contributed by atoms with van der Waals surface area (Å²) >= 11 is 0. The number of amides is 1. The van der Waals surface area contributed by atoms with Gasteiger partial charge in [0.25, 0.3) is 5.91 Å². The van der Waals surface area contributed by atoms with E-state index in [1.807, 2.05) is 60.8 Å². The Morgan fingerprint density at radius 1 is 0.894 bits per heavy atom. The Bertz CT molecular complexity index is 1720. The lowest BCUT2D eigenvalue weighted by molar-refractivity contribution is -0.252. The van der Waals surface area contributed by atoms with Crippen LogP contribution in [0, 0.1) is 0 Å². The maximum atomic E-state index is 12.6. The van der Waals surface area contributed by atoms with Crippen molar-refractivity contribution in [3.8, 4) is 11.1 Å². The molecule has 5 aromatic rings. The van der Waals surface area contributed by atoms with E-state index in [2.05, 4.69) is 63.6 Å². The summed E-state index contributed by atoms with van der Waals surface area (Å²) in [6, 6.07) is 33.8. The Kier molecular flexibility index (Phi) is 10.8. The van der Waals surface area contributed by atoms with Crippen LogP contribution in [0.15, 0.2) is 122 Å². The lowest BCUT2D eigenvalue weighted by Gasteiger charge is -2.38. The van der Waals surface area contributed by atoms with Gasteiger partial charge in [0.2, 0.25) is 0 Å². The molecular weight excluding hydrogens is 588 g/mol. The summed E-state index contributed by atoms with van der Waals surface area (Å²) in [7, 11) is 2.12. The number of ether oxygens (including phenoxy) is 2. The molecule has 0 radical (unpaired) electrons. The third-order valence-electron chi connectivity index (χ3n) is 8.48. The van der Waals surface area contributed by atoms with E-state index in [1.165, 1.54) is 0 Å². The van der Waals surface area contributed by atoms with Gasteiger partial charge in [-0.2, -0.15) is 0 Å². The molecule has 1 aliphatic rings. The SMILES string of the molecule is CN(CCc1ccccn1)C[C@H]1C[C@@H](c2ccc(CO)cc2)O[C@@H](c2ccc(-c3ccccc3CNC(=O)c3cccnc3)cc2)O1. The number of pyridine rings is 2. The fourth-order valence-electron chi connectivity index (χ4n) is 5.87. The lowest BCUT2D eigenvalue weighted by Crippen LogP contribution is -2.38. The van der Waals surface area contributed by atoms with Crippen molar-refractivity contribution < 1.29 is 19.4 Å². The van der Waals surface area contributed by atoms with Crippen molar-refractivity contribution in [2.45, 2.75) is 44.5 Å². The van der Waals surface area contributed by atoms with Crippen molar-refractivity contribution in [3.05, 3.63) is 155 Å². The molecule has 1 saturated heterocycles. The highest BCUT2D eigenvalue weighted by atomic mass is 16.7. The molecule has 0 saturated carbocycles. The first-order chi connectivity index (χ1) is 23.1. The van der Waals surface area contributed by atoms with E-state index in [1.54, 1.807) is 24.5 Å². The van der Waals surface area contributed by atoms with Gasteiger partial charge < -0.3 is 24.8 Å². The van der Waals surface area contributed by atoms with Gasteiger partial charge >= 0.3 is 0 Å². The second kappa shape index (κ2) is 15.7. The monoisotopic (exact) mass is 628 g/mol. The molecule has 1 aliphatic heterocycles. The number of carbonyl (C=O) groups excluding carboxylic acids is 1. The van der Waals surface area contributed by atoms with Gasteiger partial charge in [0.15, 0.2) is 6.29 Å². The minimum atomic E-state index is -0.538. The molecule has 0 bridgehead atoms. The first-order valence-electron chi connectivity index (χ1n) is 16.0. The lowest BCUT2D eigenvalue weighted by atomic mass is 9.97. The minimum absolute atomic E-state index is 0.00752. The maximum Gasteiger partial charge on any atom is 0.253 e. The van der Waals surface area contributed by atoms with Gasteiger partial charge in [0.1, 0.15) is 0 Å². The highest BCUT2D eigenvalue weighted by molar-refractivity contribution is 5.93. The van der Waals surface area contributed by atoms with E-state index < -0.39 is 6.29 Å². The van der Waals surface area contributed by atoms with E-state index in [4.69, 9.17) is 9.47 Å². The number of nitrogens with one attached hydrogen (secondary N) is 1. The molecule has 2 aromatic heterocycles. The number of hydrogen-bond acceptors (Lipinski definition) is 7. The number of rotatable bonds is 12. The summed E-state index contributed by atoms with van der Waals surface area (Å²) in [5.74, 6) is -0.160. The van der Waals surface area contributed by atoms with Crippen LogP contribution in [-0.4, -0.2) is 52.1 Å². The number of hydrogen-bond donors (Lipinski definition) is 2. The van der Waals surface area contributed by atoms with Gasteiger partial charge in [-0.05, 0) is 59.1 Å². The molecule has 240 valence electrons. The standard InChI is InChI=1S/C39H40N4O4/c1-43(22-19-34-9-4-5-21-41-34)26-35-23-37(30-13-11-28(27-44)12-14-30)47-39(46-35)31-17-15-29(16-18-31)36-10-3-2-7-32(36)25-42-38(45)33-8-6-20-40-24-33/h2-18,20-21,24,35,37,39,44H,19,22-23,25-27H2,1H3,(H,42,45)/t35-,37+,39+/m1/s1. The van der Waals surface area contributed by atoms with Gasteiger partial charge in [-0.1, -0.05) is 78.9 Å². The van der Waals surface area contributed by atoms with Crippen molar-refractivity contribution in [2.75, 3.05) is 20.1 Å². The summed E-state index contributed by atoms with van der Waals surface area (Å²) in [6.07, 6.45) is 5.90. The Hall–Kier alpha value is -4.73. The van der Waals surface area contributed by atoms with Crippen molar-refractivity contribution >= 4 is 5.91 Å². The molecule has 0 spiro atoms. The topological polar surface area (TPSA) is 96.8 Å². The minimum Gasteiger partial charge on any atom is -0.392 e. The predicted molar refractivity (Wildman–Crippen MR) is 181 cm³/mol. The number of aromatic nitrogens is 2. The van der Waals surface area contributed by atoms with Gasteiger partial charge in [0, 0.05) is 62.3 Å². The third-order valence-corrected chi connectivity index (χ3v) is 8.48. The average Bonchev–Trinajstić information content (AvgIpc) is 3.14. The molecule has 1 amide bonds. The van der Waals surface area contributed by atoms with E-state index in [9.17, 15) is 9.90 Å². The number of likely N-dealkylation sites (N-methyl/N-ethyl adjacent to an activating group) is 1. The molecule has 47 heavy (non-hydrogen) atoms. The second-order valence-electron chi connectivity index (χ2n) is 11.9. The summed E-state index contributed by atoms with van der Waals surface area (Å²) in [4.78, 5) is 23.4. The first kappa shape index (κ1) is 32.2. The summed E-state index contributed by atoms with van der Waals surface area (Å²) in [5, 5.41) is 12.6. The van der Waals surface area contributed by atoms with Gasteiger partial charge in [0.05, 0.1) is 24.4 Å². The first-order valence-corrected chi connectivity index (χ1v) is 16.0. The molecule has 8 nitrogen and oxygen atoms in total. The molecular formula is C39H40N4O4. The Morgan fingerprint density at radius 3 is 2.43 bits per heavy atom. The van der Waals surface area contributed by atoms with Crippen LogP contribution >= 0.6 is 0 Å². The van der Waals surface area contributed by atoms with Crippen LogP contribution in [0.2, 0.25) is 0 Å². The predicted octanol–water partition coefficient (Wildman–Crippen LogP) is 6.29. The van der Waals surface area contributed by atoms with Crippen molar-refractivity contribution in [1.82, 2.24) is 20.2 Å². The fraction of sp³-hybridized carbons (Fsp3) is 0.256. The number of benzene rings is 3. The van der Waals surface area contributed by atoms with E-state index in [-0.39, 0.29) is 24.7 Å². The Morgan fingerprint density at radius 2 is 1.68 bits per heavy atom. The fourth-order valence-corrected chi connectivity index (χ4v) is 5.87. The van der Waals surface area contributed by atoms with Crippen LogP contribution in [0.3, 0.4) is 0 Å². The number of aliphatic hydroxyl groups excluding tert-OH is 1. The average molecular weight is 629 g/mol. The largest absolute Gasteiger partial charge is 0.392 e. The summed E-state index contributed by atoms with van der Waals surface area (Å²) in [5.41, 5.74) is 7.58. The van der Waals surface area contributed by atoms with Crippen LogP contribution in [-0.2, 0) is 29.0 Å². The normalized spacial score (nSPS) is 17.8. The maximum absolute atomic E-state index is 12.6. The summed E-state index contributed by atoms with van der Waals surface area (Å²) in [6.45, 7) is 2.03. The van der Waals surface area contributed by atoms with Crippen LogP contribution in [0.1, 0.15) is 57.1 Å². The van der Waals surface area contributed by atoms with Gasteiger partial charge in [-0.3, -0.25) is 14.8 Å². The molecule has 2 N–H and O–H groups in total. The van der Waals surface area contributed by atoms with Gasteiger partial charge in [-0.25, -0.2) is 0 Å². The second-order valence-corrected chi connectivity index (χ2v) is 11.9. The molecule has 3 heterocycles. The smallest absolute Gasteiger partial charge is 0.253 e. The molecule has 1 fully saturated rings. The third kappa shape index (κ3) is 8.55. The van der Waals surface area contributed by atoms with Crippen LogP contribution in [0.4, 0.5) is 0 Å². The number of aliphatic hydroxyl groups is 1. The van der Waals surface area contributed by atoms with E-state index in [0.717, 1.165) is 65.0 Å². The zero-order chi connectivity index (χ0) is 32.4. The summed E-state index contributed by atoms with van der Waals surface area (Å²) < 4.78 is 13.2. The molecule has 6 rings (SSSR count). The Labute approximate surface area is 276 Å². The number of nitrogens with zero attached hydrogens (tertiary/aromatic N) is 3. The molecule has 0 unspecified atom stereocenters. The van der Waals surface area contributed by atoms with E-state index >= 15 is 0 Å². The van der Waals surface area contributed by atoms with Gasteiger partial charge in [-0.15, -0.1) is 0 Å². The highest BCUT2D eigenvalue weighted by Crippen LogP contribution is 2.38. The van der Waals surface area contributed by atoms with Crippen molar-refractivity contribution in [2.24, 2.45) is 0 Å². The molecule has 8 heteroatoms. The molecule has 0 aliphatic carbocycles. The van der Waals surface area contributed by atoms with E-state index in [0.29, 0.717) is 12.1 Å². The Balaban J connectivity index is 1.16. The highest BCUT2D eigenvalue weighted by Gasteiger charge is 2.32. The molecule has 3 aromatic carbocycles.